The van der Waals surface area contributed by atoms with Gasteiger partial charge in [0.05, 0.1) is 5.69 Å². The van der Waals surface area contributed by atoms with Gasteiger partial charge in [0, 0.05) is 28.5 Å². The van der Waals surface area contributed by atoms with Crippen molar-refractivity contribution in [1.29, 1.82) is 0 Å². The molecule has 5 nitrogen and oxygen atoms in total. The Hall–Kier alpha value is -2.73. The van der Waals surface area contributed by atoms with Crippen molar-refractivity contribution in [2.45, 2.75) is 23.0 Å². The van der Waals surface area contributed by atoms with Gasteiger partial charge in [-0.25, -0.2) is 0 Å². The molecule has 0 spiro atoms. The van der Waals surface area contributed by atoms with Crippen molar-refractivity contribution in [2.75, 3.05) is 11.9 Å². The summed E-state index contributed by atoms with van der Waals surface area (Å²) in [6.45, 7) is 2.15. The van der Waals surface area contributed by atoms with E-state index in [1.807, 2.05) is 48.7 Å². The normalized spacial score (nSPS) is 19.0. The zero-order valence-electron chi connectivity index (χ0n) is 14.3. The lowest BCUT2D eigenvalue weighted by molar-refractivity contribution is -0.129. The SMILES string of the molecule is CC1(C(=O)NCCc2c[nH]c3ccccc23)Sc2ccccc2NC1=O. The lowest BCUT2D eigenvalue weighted by Gasteiger charge is -2.31. The number of carbonyl (C=O) groups is 2. The smallest absolute Gasteiger partial charge is 0.250 e. The van der Waals surface area contributed by atoms with Crippen molar-refractivity contribution in [3.8, 4) is 0 Å². The molecule has 1 aromatic heterocycles. The van der Waals surface area contributed by atoms with Crippen molar-refractivity contribution in [1.82, 2.24) is 10.3 Å². The monoisotopic (exact) mass is 365 g/mol. The van der Waals surface area contributed by atoms with Crippen LogP contribution in [0.2, 0.25) is 0 Å². The summed E-state index contributed by atoms with van der Waals surface area (Å²) in [6.07, 6.45) is 2.67. The number of hydrogen-bond acceptors (Lipinski definition) is 3. The Labute approximate surface area is 155 Å². The van der Waals surface area contributed by atoms with Gasteiger partial charge in [-0.15, -0.1) is 0 Å². The van der Waals surface area contributed by atoms with E-state index in [2.05, 4.69) is 21.7 Å². The molecule has 0 radical (unpaired) electrons. The van der Waals surface area contributed by atoms with Gasteiger partial charge in [0.25, 0.3) is 0 Å². The molecular formula is C20H19N3O2S. The molecule has 3 aromatic rings. The molecule has 0 bridgehead atoms. The molecule has 2 heterocycles. The summed E-state index contributed by atoms with van der Waals surface area (Å²) in [7, 11) is 0. The average Bonchev–Trinajstić information content (AvgIpc) is 3.06. The summed E-state index contributed by atoms with van der Waals surface area (Å²) in [4.78, 5) is 29.4. The molecule has 0 saturated carbocycles. The predicted molar refractivity (Wildman–Crippen MR) is 104 cm³/mol. The Bertz CT molecular complexity index is 997. The molecule has 0 aliphatic carbocycles. The van der Waals surface area contributed by atoms with Crippen LogP contribution in [0.3, 0.4) is 0 Å². The maximum Gasteiger partial charge on any atom is 0.250 e. The van der Waals surface area contributed by atoms with E-state index >= 15 is 0 Å². The first-order chi connectivity index (χ1) is 12.6. The van der Waals surface area contributed by atoms with Crippen LogP contribution in [0.1, 0.15) is 12.5 Å². The number of H-pyrrole nitrogens is 1. The number of amides is 2. The molecule has 1 aliphatic heterocycles. The van der Waals surface area contributed by atoms with Crippen LogP contribution < -0.4 is 10.6 Å². The van der Waals surface area contributed by atoms with Crippen LogP contribution in [-0.2, 0) is 16.0 Å². The second-order valence-electron chi connectivity index (χ2n) is 6.45. The van der Waals surface area contributed by atoms with Gasteiger partial charge in [0.1, 0.15) is 0 Å². The van der Waals surface area contributed by atoms with E-state index in [1.165, 1.54) is 11.8 Å². The minimum Gasteiger partial charge on any atom is -0.361 e. The molecule has 1 atom stereocenters. The zero-order chi connectivity index (χ0) is 18.1. The summed E-state index contributed by atoms with van der Waals surface area (Å²) < 4.78 is -1.17. The van der Waals surface area contributed by atoms with Crippen LogP contribution in [0.4, 0.5) is 5.69 Å². The topological polar surface area (TPSA) is 74.0 Å². The van der Waals surface area contributed by atoms with E-state index < -0.39 is 4.75 Å². The largest absolute Gasteiger partial charge is 0.361 e. The van der Waals surface area contributed by atoms with Gasteiger partial charge in [-0.3, -0.25) is 9.59 Å². The first-order valence-electron chi connectivity index (χ1n) is 8.51. The van der Waals surface area contributed by atoms with E-state index in [0.717, 1.165) is 27.0 Å². The first kappa shape index (κ1) is 16.7. The van der Waals surface area contributed by atoms with Crippen LogP contribution in [0, 0.1) is 0 Å². The fraction of sp³-hybridized carbons (Fsp3) is 0.200. The van der Waals surface area contributed by atoms with Crippen LogP contribution >= 0.6 is 11.8 Å². The van der Waals surface area contributed by atoms with Crippen molar-refractivity contribution < 1.29 is 9.59 Å². The number of fused-ring (bicyclic) bond motifs is 2. The van der Waals surface area contributed by atoms with Gasteiger partial charge in [-0.1, -0.05) is 42.1 Å². The van der Waals surface area contributed by atoms with Crippen LogP contribution in [-0.4, -0.2) is 28.1 Å². The summed E-state index contributed by atoms with van der Waals surface area (Å²) in [5.41, 5.74) is 2.99. The second kappa shape index (κ2) is 6.53. The average molecular weight is 365 g/mol. The Kier molecular flexibility index (Phi) is 4.20. The number of hydrogen-bond donors (Lipinski definition) is 3. The summed E-state index contributed by atoms with van der Waals surface area (Å²) in [5.74, 6) is -0.555. The highest BCUT2D eigenvalue weighted by Gasteiger charge is 2.45. The molecule has 0 saturated heterocycles. The van der Waals surface area contributed by atoms with Gasteiger partial charge in [0.15, 0.2) is 4.75 Å². The van der Waals surface area contributed by atoms with Crippen LogP contribution in [0.25, 0.3) is 10.9 Å². The second-order valence-corrected chi connectivity index (χ2v) is 7.91. The Morgan fingerprint density at radius 2 is 1.92 bits per heavy atom. The third-order valence-electron chi connectivity index (χ3n) is 4.67. The summed E-state index contributed by atoms with van der Waals surface area (Å²) in [6, 6.07) is 15.6. The molecule has 2 amide bonds. The van der Waals surface area contributed by atoms with Gasteiger partial charge in [-0.05, 0) is 37.1 Å². The Morgan fingerprint density at radius 1 is 1.15 bits per heavy atom. The number of aromatic nitrogens is 1. The number of thioether (sulfide) groups is 1. The Morgan fingerprint density at radius 3 is 2.81 bits per heavy atom. The van der Waals surface area contributed by atoms with Gasteiger partial charge in [-0.2, -0.15) is 0 Å². The van der Waals surface area contributed by atoms with E-state index in [1.54, 1.807) is 6.92 Å². The highest BCUT2D eigenvalue weighted by molar-refractivity contribution is 8.02. The summed E-state index contributed by atoms with van der Waals surface area (Å²) in [5, 5.41) is 6.92. The molecule has 1 unspecified atom stereocenters. The Balaban J connectivity index is 1.44. The third kappa shape index (κ3) is 2.86. The number of aromatic amines is 1. The molecular weight excluding hydrogens is 346 g/mol. The lowest BCUT2D eigenvalue weighted by Crippen LogP contribution is -2.52. The molecule has 3 N–H and O–H groups in total. The van der Waals surface area contributed by atoms with Gasteiger partial charge in [0.2, 0.25) is 11.8 Å². The quantitative estimate of drug-likeness (QED) is 0.621. The van der Waals surface area contributed by atoms with Crippen molar-refractivity contribution in [3.05, 3.63) is 60.3 Å². The maximum absolute atomic E-state index is 12.7. The fourth-order valence-corrected chi connectivity index (χ4v) is 4.26. The van der Waals surface area contributed by atoms with Crippen molar-refractivity contribution in [2.24, 2.45) is 0 Å². The number of nitrogens with one attached hydrogen (secondary N) is 3. The van der Waals surface area contributed by atoms with Crippen LogP contribution in [0.15, 0.2) is 59.6 Å². The first-order valence-corrected chi connectivity index (χ1v) is 9.32. The number of rotatable bonds is 4. The maximum atomic E-state index is 12.7. The minimum absolute atomic E-state index is 0.269. The van der Waals surface area contributed by atoms with Crippen molar-refractivity contribution in [3.63, 3.8) is 0 Å². The molecule has 0 fully saturated rings. The fourth-order valence-electron chi connectivity index (χ4n) is 3.13. The third-order valence-corrected chi connectivity index (χ3v) is 6.03. The number of anilines is 1. The minimum atomic E-state index is -1.17. The molecule has 132 valence electrons. The predicted octanol–water partition coefficient (Wildman–Crippen LogP) is 3.33. The number of carbonyl (C=O) groups excluding carboxylic acids is 2. The van der Waals surface area contributed by atoms with Crippen LogP contribution in [0.5, 0.6) is 0 Å². The molecule has 4 rings (SSSR count). The van der Waals surface area contributed by atoms with Gasteiger partial charge >= 0.3 is 0 Å². The molecule has 2 aromatic carbocycles. The molecule has 6 heteroatoms. The van der Waals surface area contributed by atoms with E-state index in [9.17, 15) is 9.59 Å². The van der Waals surface area contributed by atoms with E-state index in [4.69, 9.17) is 0 Å². The molecule has 1 aliphatic rings. The number of para-hydroxylation sites is 2. The molecule has 26 heavy (non-hydrogen) atoms. The highest BCUT2D eigenvalue weighted by atomic mass is 32.2. The lowest BCUT2D eigenvalue weighted by atomic mass is 10.1. The van der Waals surface area contributed by atoms with Crippen molar-refractivity contribution >= 4 is 40.2 Å². The standard InChI is InChI=1S/C20H19N3O2S/c1-20(19(25)23-16-8-4-5-9-17(16)26-20)18(24)21-11-10-13-12-22-15-7-3-2-6-14(13)15/h2-9,12,22H,10-11H2,1H3,(H,21,24)(H,23,25). The highest BCUT2D eigenvalue weighted by Crippen LogP contribution is 2.42. The number of benzene rings is 2. The van der Waals surface area contributed by atoms with E-state index in [0.29, 0.717) is 13.0 Å². The van der Waals surface area contributed by atoms with Gasteiger partial charge < -0.3 is 15.6 Å². The summed E-state index contributed by atoms with van der Waals surface area (Å²) >= 11 is 1.30. The zero-order valence-corrected chi connectivity index (χ0v) is 15.2. The van der Waals surface area contributed by atoms with E-state index in [-0.39, 0.29) is 11.8 Å².